The van der Waals surface area contributed by atoms with Gasteiger partial charge in [-0.1, -0.05) is 54.1 Å². The monoisotopic (exact) mass is 386 g/mol. The largest absolute Gasteiger partial charge is 0.321 e. The fraction of sp³-hybridized carbons (Fsp3) is 0.316. The van der Waals surface area contributed by atoms with Crippen LogP contribution in [0.4, 0.5) is 0 Å². The second-order valence-electron chi connectivity index (χ2n) is 6.44. The van der Waals surface area contributed by atoms with Crippen molar-refractivity contribution in [3.05, 3.63) is 76.6 Å². The topological polar surface area (TPSA) is 48.0 Å². The van der Waals surface area contributed by atoms with Crippen LogP contribution in [0.3, 0.4) is 0 Å². The molecule has 1 aliphatic heterocycles. The number of nitrogens with zero attached hydrogens (tertiary/aromatic N) is 4. The Morgan fingerprint density at radius 1 is 1.04 bits per heavy atom. The standard InChI is InChI=1S/C19H20ClN5S/c20-17-8-6-16(7-9-17)18(24-10-12-26-13-11-24)19-21-22-23-25(19)14-15-4-2-1-3-5-15/h1-9,18H,10-14H2/p+1/t18-/m0/s1. The van der Waals surface area contributed by atoms with Crippen LogP contribution in [0.5, 0.6) is 0 Å². The zero-order valence-electron chi connectivity index (χ0n) is 14.4. The van der Waals surface area contributed by atoms with Gasteiger partial charge in [0.1, 0.15) is 0 Å². The second-order valence-corrected chi connectivity index (χ2v) is 8.10. The van der Waals surface area contributed by atoms with Crippen molar-refractivity contribution in [3.63, 3.8) is 0 Å². The molecule has 7 heteroatoms. The van der Waals surface area contributed by atoms with Crippen molar-refractivity contribution in [1.29, 1.82) is 0 Å². The van der Waals surface area contributed by atoms with Gasteiger partial charge in [-0.2, -0.15) is 11.8 Å². The number of tetrazole rings is 1. The van der Waals surface area contributed by atoms with E-state index in [4.69, 9.17) is 11.6 Å². The Morgan fingerprint density at radius 3 is 2.50 bits per heavy atom. The number of rotatable bonds is 5. The van der Waals surface area contributed by atoms with Crippen molar-refractivity contribution in [2.75, 3.05) is 24.6 Å². The Bertz CT molecular complexity index is 831. The zero-order valence-corrected chi connectivity index (χ0v) is 16.0. The van der Waals surface area contributed by atoms with Gasteiger partial charge in [0.05, 0.1) is 19.6 Å². The lowest BCUT2D eigenvalue weighted by molar-refractivity contribution is -0.922. The van der Waals surface area contributed by atoms with E-state index in [1.165, 1.54) is 27.5 Å². The molecule has 1 aliphatic rings. The van der Waals surface area contributed by atoms with Gasteiger partial charge in [-0.25, -0.2) is 4.68 Å². The Balaban J connectivity index is 1.70. The lowest BCUT2D eigenvalue weighted by Gasteiger charge is -2.30. The number of aromatic nitrogens is 4. The summed E-state index contributed by atoms with van der Waals surface area (Å²) < 4.78 is 1.93. The molecule has 0 bridgehead atoms. The molecule has 1 saturated heterocycles. The summed E-state index contributed by atoms with van der Waals surface area (Å²) in [5, 5.41) is 13.5. The SMILES string of the molecule is Clc1ccc([C@@H](c2nnnn2Cc2ccccc2)[NH+]2CCSCC2)cc1. The van der Waals surface area contributed by atoms with Crippen molar-refractivity contribution in [3.8, 4) is 0 Å². The molecule has 0 spiro atoms. The molecule has 1 N–H and O–H groups in total. The predicted octanol–water partition coefficient (Wildman–Crippen LogP) is 2.10. The number of hydrogen-bond acceptors (Lipinski definition) is 4. The highest BCUT2D eigenvalue weighted by Crippen LogP contribution is 2.21. The maximum Gasteiger partial charge on any atom is 0.214 e. The fourth-order valence-electron chi connectivity index (χ4n) is 3.43. The molecule has 3 aromatic rings. The lowest BCUT2D eigenvalue weighted by atomic mass is 10.0. The van der Waals surface area contributed by atoms with Gasteiger partial charge in [0, 0.05) is 22.1 Å². The first kappa shape index (κ1) is 17.5. The van der Waals surface area contributed by atoms with E-state index in [0.29, 0.717) is 6.54 Å². The van der Waals surface area contributed by atoms with Crippen molar-refractivity contribution in [2.24, 2.45) is 0 Å². The third-order valence-corrected chi connectivity index (χ3v) is 5.98. The molecule has 1 fully saturated rings. The Labute approximate surface area is 162 Å². The maximum absolute atomic E-state index is 6.11. The van der Waals surface area contributed by atoms with Gasteiger partial charge in [0.2, 0.25) is 5.82 Å². The van der Waals surface area contributed by atoms with E-state index >= 15 is 0 Å². The van der Waals surface area contributed by atoms with Gasteiger partial charge in [-0.3, -0.25) is 0 Å². The van der Waals surface area contributed by atoms with Crippen molar-refractivity contribution >= 4 is 23.4 Å². The van der Waals surface area contributed by atoms with Gasteiger partial charge in [-0.15, -0.1) is 5.10 Å². The average molecular weight is 387 g/mol. The minimum absolute atomic E-state index is 0.117. The first-order valence-electron chi connectivity index (χ1n) is 8.79. The van der Waals surface area contributed by atoms with Crippen molar-refractivity contribution in [2.45, 2.75) is 12.6 Å². The number of hydrogen-bond donors (Lipinski definition) is 1. The second kappa shape index (κ2) is 8.20. The third-order valence-electron chi connectivity index (χ3n) is 4.74. The van der Waals surface area contributed by atoms with Crippen LogP contribution in [0.2, 0.25) is 5.02 Å². The molecule has 0 saturated carbocycles. The summed E-state index contributed by atoms with van der Waals surface area (Å²) in [5.41, 5.74) is 2.40. The first-order chi connectivity index (χ1) is 12.8. The highest BCUT2D eigenvalue weighted by atomic mass is 35.5. The predicted molar refractivity (Wildman–Crippen MR) is 105 cm³/mol. The number of quaternary nitrogens is 1. The quantitative estimate of drug-likeness (QED) is 0.729. The summed E-state index contributed by atoms with van der Waals surface area (Å²) in [7, 11) is 0. The van der Waals surface area contributed by atoms with Crippen LogP contribution in [-0.2, 0) is 6.54 Å². The van der Waals surface area contributed by atoms with Crippen LogP contribution in [0.1, 0.15) is 23.0 Å². The van der Waals surface area contributed by atoms with Crippen molar-refractivity contribution < 1.29 is 4.90 Å². The molecule has 5 nitrogen and oxygen atoms in total. The van der Waals surface area contributed by atoms with E-state index in [-0.39, 0.29) is 6.04 Å². The summed E-state index contributed by atoms with van der Waals surface area (Å²) in [6.07, 6.45) is 0. The van der Waals surface area contributed by atoms with Crippen LogP contribution in [-0.4, -0.2) is 44.8 Å². The van der Waals surface area contributed by atoms with E-state index in [9.17, 15) is 0 Å². The Morgan fingerprint density at radius 2 is 1.77 bits per heavy atom. The Hall–Kier alpha value is -1.89. The smallest absolute Gasteiger partial charge is 0.214 e. The summed E-state index contributed by atoms with van der Waals surface area (Å²) in [5.74, 6) is 3.25. The molecule has 1 atom stereocenters. The molecule has 26 heavy (non-hydrogen) atoms. The molecule has 2 heterocycles. The highest BCUT2D eigenvalue weighted by Gasteiger charge is 2.32. The number of halogens is 1. The molecular weight excluding hydrogens is 366 g/mol. The lowest BCUT2D eigenvalue weighted by Crippen LogP contribution is -3.14. The molecule has 0 amide bonds. The van der Waals surface area contributed by atoms with Crippen LogP contribution in [0.15, 0.2) is 54.6 Å². The summed E-state index contributed by atoms with van der Waals surface area (Å²) in [6, 6.07) is 18.5. The van der Waals surface area contributed by atoms with Crippen LogP contribution < -0.4 is 4.90 Å². The number of thioether (sulfide) groups is 1. The van der Waals surface area contributed by atoms with Crippen LogP contribution >= 0.6 is 23.4 Å². The minimum atomic E-state index is 0.117. The first-order valence-corrected chi connectivity index (χ1v) is 10.3. The van der Waals surface area contributed by atoms with Crippen LogP contribution in [0, 0.1) is 0 Å². The summed E-state index contributed by atoms with van der Waals surface area (Å²) in [4.78, 5) is 1.51. The van der Waals surface area contributed by atoms with Gasteiger partial charge < -0.3 is 4.90 Å². The maximum atomic E-state index is 6.11. The summed E-state index contributed by atoms with van der Waals surface area (Å²) in [6.45, 7) is 2.89. The van der Waals surface area contributed by atoms with E-state index in [1.54, 1.807) is 0 Å². The third kappa shape index (κ3) is 3.92. The normalized spacial score (nSPS) is 16.5. The van der Waals surface area contributed by atoms with E-state index in [0.717, 1.165) is 23.9 Å². The fourth-order valence-corrected chi connectivity index (χ4v) is 4.58. The van der Waals surface area contributed by atoms with E-state index < -0.39 is 0 Å². The van der Waals surface area contributed by atoms with Gasteiger partial charge in [-0.05, 0) is 28.1 Å². The minimum Gasteiger partial charge on any atom is -0.321 e. The highest BCUT2D eigenvalue weighted by molar-refractivity contribution is 7.99. The van der Waals surface area contributed by atoms with Gasteiger partial charge >= 0.3 is 0 Å². The van der Waals surface area contributed by atoms with E-state index in [2.05, 4.69) is 39.8 Å². The van der Waals surface area contributed by atoms with Crippen LogP contribution in [0.25, 0.3) is 0 Å². The Kier molecular flexibility index (Phi) is 5.53. The number of benzene rings is 2. The zero-order chi connectivity index (χ0) is 17.8. The summed E-state index contributed by atoms with van der Waals surface area (Å²) >= 11 is 8.13. The molecule has 4 rings (SSSR count). The average Bonchev–Trinajstić information content (AvgIpc) is 3.13. The molecular formula is C19H21ClN5S+. The molecule has 0 aliphatic carbocycles. The number of nitrogens with one attached hydrogen (secondary N) is 1. The van der Waals surface area contributed by atoms with Crippen molar-refractivity contribution in [1.82, 2.24) is 20.2 Å². The molecule has 2 aromatic carbocycles. The molecule has 0 unspecified atom stereocenters. The molecule has 134 valence electrons. The molecule has 0 radical (unpaired) electrons. The molecule has 1 aromatic heterocycles. The van der Waals surface area contributed by atoms with Gasteiger partial charge in [0.15, 0.2) is 6.04 Å². The van der Waals surface area contributed by atoms with E-state index in [1.807, 2.05) is 46.8 Å². The van der Waals surface area contributed by atoms with Gasteiger partial charge in [0.25, 0.3) is 0 Å².